The van der Waals surface area contributed by atoms with Crippen molar-refractivity contribution in [3.05, 3.63) is 88.1 Å². The van der Waals surface area contributed by atoms with Crippen LogP contribution in [0.1, 0.15) is 69.6 Å². The van der Waals surface area contributed by atoms with Gasteiger partial charge < -0.3 is 27.1 Å². The molecule has 0 saturated carbocycles. The second-order valence-corrected chi connectivity index (χ2v) is 16.2. The minimum Gasteiger partial charge on any atom is -0.370 e. The zero-order chi connectivity index (χ0) is 35.3. The van der Waals surface area contributed by atoms with E-state index >= 15 is 0 Å². The molecule has 2 aromatic heterocycles. The molecule has 1 amide bonds. The number of carbonyl (C=O) groups excluding carboxylic acids is 1. The number of hydrogen-bond acceptors (Lipinski definition) is 7. The Bertz CT molecular complexity index is 1910. The number of rotatable bonds is 9. The molecule has 12 nitrogen and oxygen atoms in total. The first kappa shape index (κ1) is 36.3. The van der Waals surface area contributed by atoms with Gasteiger partial charge >= 0.3 is 5.69 Å². The van der Waals surface area contributed by atoms with Crippen molar-refractivity contribution in [2.24, 2.45) is 22.4 Å². The second-order valence-electron chi connectivity index (χ2n) is 14.2. The van der Waals surface area contributed by atoms with Gasteiger partial charge in [-0.1, -0.05) is 53.7 Å². The molecule has 1 saturated heterocycles. The van der Waals surface area contributed by atoms with Crippen LogP contribution in [-0.4, -0.2) is 66.8 Å². The molecule has 0 bridgehead atoms. The zero-order valence-corrected chi connectivity index (χ0v) is 29.4. The van der Waals surface area contributed by atoms with Crippen molar-refractivity contribution in [1.82, 2.24) is 25.2 Å². The first-order valence-corrected chi connectivity index (χ1v) is 17.7. The lowest BCUT2D eigenvalue weighted by Gasteiger charge is -2.26. The number of H-pyrrole nitrogens is 1. The summed E-state index contributed by atoms with van der Waals surface area (Å²) >= 11 is 0. The van der Waals surface area contributed by atoms with Crippen LogP contribution in [0.5, 0.6) is 0 Å². The molecule has 0 spiro atoms. The van der Waals surface area contributed by atoms with Gasteiger partial charge in [0.2, 0.25) is 0 Å². The highest BCUT2D eigenvalue weighted by Crippen LogP contribution is 2.26. The molecule has 3 heterocycles. The number of guanidine groups is 1. The average molecular weight is 677 g/mol. The number of aliphatic imine (C=N–C) groups is 1. The fourth-order valence-corrected chi connectivity index (χ4v) is 6.58. The summed E-state index contributed by atoms with van der Waals surface area (Å²) in [6, 6.07) is 16.1. The van der Waals surface area contributed by atoms with Crippen LogP contribution in [0.25, 0.3) is 16.7 Å². The van der Waals surface area contributed by atoms with E-state index in [0.29, 0.717) is 41.3 Å². The molecule has 1 aliphatic heterocycles. The van der Waals surface area contributed by atoms with Crippen molar-refractivity contribution in [2.75, 3.05) is 31.9 Å². The summed E-state index contributed by atoms with van der Waals surface area (Å²) in [5, 5.41) is 6.76. The molecule has 7 N–H and O–H groups in total. The molecule has 2 aromatic carbocycles. The first-order chi connectivity index (χ1) is 22.4. The highest BCUT2D eigenvalue weighted by atomic mass is 32.2. The van der Waals surface area contributed by atoms with Crippen molar-refractivity contribution in [3.63, 3.8) is 0 Å². The number of nitrogens with two attached hydrogens (primary N) is 2. The quantitative estimate of drug-likeness (QED) is 0.101. The van der Waals surface area contributed by atoms with Crippen LogP contribution in [0.4, 0.5) is 0 Å². The van der Waals surface area contributed by atoms with Crippen molar-refractivity contribution < 1.29 is 13.2 Å². The summed E-state index contributed by atoms with van der Waals surface area (Å²) in [5.74, 6) is 0.369. The van der Waals surface area contributed by atoms with E-state index < -0.39 is 9.84 Å². The molecule has 0 atom stereocenters. The molecule has 4 aromatic rings. The van der Waals surface area contributed by atoms with E-state index in [1.807, 2.05) is 18.2 Å². The Morgan fingerprint density at radius 3 is 2.19 bits per heavy atom. The number of fused-ring (bicyclic) bond motifs is 1. The van der Waals surface area contributed by atoms with Gasteiger partial charge in [0.25, 0.3) is 5.91 Å². The molecule has 5 rings (SSSR count). The molecule has 0 unspecified atom stereocenters. The number of carbonyl (C=O) groups is 1. The third-order valence-electron chi connectivity index (χ3n) is 8.04. The van der Waals surface area contributed by atoms with Gasteiger partial charge in [0, 0.05) is 54.4 Å². The van der Waals surface area contributed by atoms with E-state index in [1.54, 1.807) is 42.6 Å². The summed E-state index contributed by atoms with van der Waals surface area (Å²) < 4.78 is 25.8. The Kier molecular flexibility index (Phi) is 11.2. The number of aromatic nitrogens is 3. The smallest absolute Gasteiger partial charge is 0.354 e. The number of hydrogen-bond donors (Lipinski definition) is 5. The Morgan fingerprint density at radius 2 is 1.65 bits per heavy atom. The van der Waals surface area contributed by atoms with Gasteiger partial charge in [-0.15, -0.1) is 0 Å². The van der Waals surface area contributed by atoms with E-state index in [-0.39, 0.29) is 40.1 Å². The van der Waals surface area contributed by atoms with Crippen molar-refractivity contribution >= 4 is 32.7 Å². The topological polar surface area (TPSA) is 190 Å². The van der Waals surface area contributed by atoms with Gasteiger partial charge in [0.05, 0.1) is 16.3 Å². The Balaban J connectivity index is 0.000000246. The van der Waals surface area contributed by atoms with Crippen LogP contribution in [0.2, 0.25) is 0 Å². The standard InChI is InChI=1S/C21H27N7O2.C14H21NO2S/c1-21(2,3)16-11-14-12-28(20(30)27-17(14)26-16)15-7-5-13(6-8-15)18(29)24-9-4-10-25-19(22)23;1-14(2,3)12-4-6-13(7-5-12)18(16,17)10-11-8-15-9-11/h5-8,11-12H,4,9-10H2,1-3H3,(H,24,29)(H4,22,23,25)(H,26,27,30);4-7,11,15H,8-10H2,1-3H3. The van der Waals surface area contributed by atoms with Crippen molar-refractivity contribution in [1.29, 1.82) is 0 Å². The maximum atomic E-state index is 12.5. The lowest BCUT2D eigenvalue weighted by molar-refractivity contribution is 0.0953. The fourth-order valence-electron chi connectivity index (χ4n) is 4.98. The third-order valence-corrected chi connectivity index (χ3v) is 9.94. The van der Waals surface area contributed by atoms with Crippen LogP contribution >= 0.6 is 0 Å². The lowest BCUT2D eigenvalue weighted by atomic mass is 9.87. The van der Waals surface area contributed by atoms with E-state index in [0.717, 1.165) is 29.7 Å². The number of nitrogens with one attached hydrogen (secondary N) is 3. The highest BCUT2D eigenvalue weighted by molar-refractivity contribution is 7.91. The monoisotopic (exact) mass is 676 g/mol. The maximum Gasteiger partial charge on any atom is 0.354 e. The zero-order valence-electron chi connectivity index (χ0n) is 28.6. The predicted octanol–water partition coefficient (Wildman–Crippen LogP) is 3.38. The number of aromatic amines is 1. The Morgan fingerprint density at radius 1 is 1.00 bits per heavy atom. The van der Waals surface area contributed by atoms with Gasteiger partial charge in [-0.05, 0) is 65.8 Å². The minimum atomic E-state index is -3.12. The number of benzene rings is 2. The molecule has 258 valence electrons. The second kappa shape index (κ2) is 14.7. The third kappa shape index (κ3) is 9.54. The summed E-state index contributed by atoms with van der Waals surface area (Å²) in [4.78, 5) is 36.4. The summed E-state index contributed by atoms with van der Waals surface area (Å²) in [5.41, 5.74) is 14.0. The molecular formula is C35H48N8O4S. The summed E-state index contributed by atoms with van der Waals surface area (Å²) in [7, 11) is -3.12. The van der Waals surface area contributed by atoms with Gasteiger partial charge in [0.15, 0.2) is 15.8 Å². The van der Waals surface area contributed by atoms with Crippen molar-refractivity contribution in [3.8, 4) is 5.69 Å². The Labute approximate surface area is 282 Å². The number of amides is 1. The molecule has 48 heavy (non-hydrogen) atoms. The largest absolute Gasteiger partial charge is 0.370 e. The van der Waals surface area contributed by atoms with E-state index in [9.17, 15) is 18.0 Å². The number of nitrogens with zero attached hydrogens (tertiary/aromatic N) is 3. The van der Waals surface area contributed by atoms with Crippen LogP contribution in [0.15, 0.2) is 75.5 Å². The van der Waals surface area contributed by atoms with Gasteiger partial charge in [0.1, 0.15) is 5.65 Å². The van der Waals surface area contributed by atoms with Crippen LogP contribution in [-0.2, 0) is 20.7 Å². The molecule has 1 fully saturated rings. The van der Waals surface area contributed by atoms with Gasteiger partial charge in [-0.25, -0.2) is 13.2 Å². The first-order valence-electron chi connectivity index (χ1n) is 16.0. The lowest BCUT2D eigenvalue weighted by Crippen LogP contribution is -2.45. The molecule has 13 heteroatoms. The van der Waals surface area contributed by atoms with Crippen LogP contribution in [0, 0.1) is 5.92 Å². The highest BCUT2D eigenvalue weighted by Gasteiger charge is 2.26. The average Bonchev–Trinajstić information content (AvgIpc) is 3.42. The van der Waals surface area contributed by atoms with Crippen LogP contribution in [0.3, 0.4) is 0 Å². The molecule has 0 aliphatic carbocycles. The predicted molar refractivity (Wildman–Crippen MR) is 192 cm³/mol. The van der Waals surface area contributed by atoms with E-state index in [4.69, 9.17) is 11.5 Å². The SMILES string of the molecule is CC(C)(C)c1cc2cn(-c3ccc(C(=O)NCCCN=C(N)N)cc3)c(=O)nc2[nH]1.CC(C)(C)c1ccc(S(=O)(=O)CC2CNC2)cc1. The summed E-state index contributed by atoms with van der Waals surface area (Å²) in [6.45, 7) is 15.2. The Hall–Kier alpha value is -4.49. The van der Waals surface area contributed by atoms with Crippen molar-refractivity contribution in [2.45, 2.75) is 63.7 Å². The minimum absolute atomic E-state index is 0.0362. The maximum absolute atomic E-state index is 12.5. The normalized spacial score (nSPS) is 13.7. The van der Waals surface area contributed by atoms with E-state index in [1.165, 1.54) is 4.57 Å². The van der Waals surface area contributed by atoms with Gasteiger partial charge in [-0.2, -0.15) is 4.98 Å². The van der Waals surface area contributed by atoms with E-state index in [2.05, 4.69) is 67.1 Å². The molecular weight excluding hydrogens is 629 g/mol. The molecule has 1 aliphatic rings. The van der Waals surface area contributed by atoms with Crippen LogP contribution < -0.4 is 27.8 Å². The number of sulfone groups is 1. The van der Waals surface area contributed by atoms with Gasteiger partial charge in [-0.3, -0.25) is 14.4 Å². The molecule has 0 radical (unpaired) electrons. The fraction of sp³-hybridized carbons (Fsp3) is 0.429. The summed E-state index contributed by atoms with van der Waals surface area (Å²) in [6.07, 6.45) is 2.39.